The van der Waals surface area contributed by atoms with E-state index in [0.717, 1.165) is 16.5 Å². The molecule has 152 valence electrons. The molecule has 0 spiro atoms. The maximum Gasteiger partial charge on any atom is 0.247 e. The normalized spacial score (nSPS) is 10.9. The van der Waals surface area contributed by atoms with Crippen molar-refractivity contribution in [3.05, 3.63) is 60.6 Å². The molecule has 2 aromatic heterocycles. The summed E-state index contributed by atoms with van der Waals surface area (Å²) >= 11 is 0. The fourth-order valence-corrected chi connectivity index (χ4v) is 3.16. The van der Waals surface area contributed by atoms with Gasteiger partial charge in [-0.05, 0) is 47.9 Å². The topological polar surface area (TPSA) is 102 Å². The van der Waals surface area contributed by atoms with Gasteiger partial charge in [0.15, 0.2) is 0 Å². The fourth-order valence-electron chi connectivity index (χ4n) is 3.16. The lowest BCUT2D eigenvalue weighted by molar-refractivity contribution is -0.116. The molecule has 0 aliphatic carbocycles. The van der Waals surface area contributed by atoms with Crippen molar-refractivity contribution < 1.29 is 14.0 Å². The number of anilines is 2. The van der Waals surface area contributed by atoms with Crippen LogP contribution in [-0.4, -0.2) is 26.6 Å². The average molecular weight is 403 g/mol. The van der Waals surface area contributed by atoms with Gasteiger partial charge in [0.2, 0.25) is 23.6 Å². The van der Waals surface area contributed by atoms with Crippen LogP contribution in [0.25, 0.3) is 22.4 Å². The van der Waals surface area contributed by atoms with E-state index in [1.54, 1.807) is 24.3 Å². The SMILES string of the molecule is CCc1nnc(-c2ccc3ccn(CC(=O)Nc4ccc(NC(C)=O)cc4)c3c2)o1. The molecule has 2 aromatic carbocycles. The summed E-state index contributed by atoms with van der Waals surface area (Å²) in [5.74, 6) is 0.753. The number of fused-ring (bicyclic) bond motifs is 1. The molecule has 0 aliphatic heterocycles. The first-order chi connectivity index (χ1) is 14.5. The van der Waals surface area contributed by atoms with E-state index in [1.807, 2.05) is 42.0 Å². The number of carbonyl (C=O) groups excluding carboxylic acids is 2. The molecular formula is C22H21N5O3. The van der Waals surface area contributed by atoms with Crippen molar-refractivity contribution in [2.45, 2.75) is 26.8 Å². The summed E-state index contributed by atoms with van der Waals surface area (Å²) < 4.78 is 7.51. The Hall–Kier alpha value is -3.94. The van der Waals surface area contributed by atoms with Crippen LogP contribution in [0.15, 0.2) is 59.1 Å². The van der Waals surface area contributed by atoms with Crippen molar-refractivity contribution in [2.75, 3.05) is 10.6 Å². The number of rotatable bonds is 6. The lowest BCUT2D eigenvalue weighted by Crippen LogP contribution is -2.18. The van der Waals surface area contributed by atoms with Crippen LogP contribution in [0.1, 0.15) is 19.7 Å². The molecule has 30 heavy (non-hydrogen) atoms. The van der Waals surface area contributed by atoms with Crippen LogP contribution < -0.4 is 10.6 Å². The van der Waals surface area contributed by atoms with Crippen LogP contribution in [0, 0.1) is 0 Å². The van der Waals surface area contributed by atoms with E-state index in [4.69, 9.17) is 4.42 Å². The third-order valence-corrected chi connectivity index (χ3v) is 4.59. The summed E-state index contributed by atoms with van der Waals surface area (Å²) in [6, 6.07) is 14.8. The van der Waals surface area contributed by atoms with Crippen LogP contribution in [0.4, 0.5) is 11.4 Å². The maximum absolute atomic E-state index is 12.5. The predicted molar refractivity (Wildman–Crippen MR) is 114 cm³/mol. The second kappa shape index (κ2) is 8.20. The Balaban J connectivity index is 1.49. The zero-order chi connectivity index (χ0) is 21.1. The van der Waals surface area contributed by atoms with Crippen LogP contribution in [-0.2, 0) is 22.6 Å². The van der Waals surface area contributed by atoms with Crippen LogP contribution in [0.2, 0.25) is 0 Å². The molecule has 0 saturated carbocycles. The smallest absolute Gasteiger partial charge is 0.247 e. The number of amides is 2. The highest BCUT2D eigenvalue weighted by atomic mass is 16.4. The highest BCUT2D eigenvalue weighted by molar-refractivity contribution is 5.93. The van der Waals surface area contributed by atoms with Crippen LogP contribution in [0.5, 0.6) is 0 Å². The number of benzene rings is 2. The average Bonchev–Trinajstić information content (AvgIpc) is 3.36. The molecule has 2 heterocycles. The number of hydrogen-bond donors (Lipinski definition) is 2. The van der Waals surface area contributed by atoms with Gasteiger partial charge in [0.1, 0.15) is 6.54 Å². The van der Waals surface area contributed by atoms with E-state index < -0.39 is 0 Å². The second-order valence-electron chi connectivity index (χ2n) is 6.88. The standard InChI is InChI=1S/C22H21N5O3/c1-3-21-25-26-22(30-21)16-5-4-15-10-11-27(19(15)12-16)13-20(29)24-18-8-6-17(7-9-18)23-14(2)28/h4-12H,3,13H2,1-2H3,(H,23,28)(H,24,29). The molecule has 0 atom stereocenters. The Morgan fingerprint density at radius 3 is 2.40 bits per heavy atom. The lowest BCUT2D eigenvalue weighted by atomic mass is 10.1. The predicted octanol–water partition coefficient (Wildman–Crippen LogP) is 3.85. The summed E-state index contributed by atoms with van der Waals surface area (Å²) in [5, 5.41) is 14.7. The number of hydrogen-bond acceptors (Lipinski definition) is 5. The molecule has 0 fully saturated rings. The molecular weight excluding hydrogens is 382 g/mol. The third kappa shape index (κ3) is 4.22. The summed E-state index contributed by atoms with van der Waals surface area (Å²) in [5.41, 5.74) is 3.05. The van der Waals surface area contributed by atoms with Gasteiger partial charge in [0.05, 0.1) is 0 Å². The van der Waals surface area contributed by atoms with E-state index in [-0.39, 0.29) is 18.4 Å². The first kappa shape index (κ1) is 19.4. The van der Waals surface area contributed by atoms with Gasteiger partial charge in [-0.2, -0.15) is 0 Å². The molecule has 0 saturated heterocycles. The molecule has 2 amide bonds. The number of carbonyl (C=O) groups is 2. The molecule has 4 rings (SSSR count). The van der Waals surface area contributed by atoms with Crippen molar-refractivity contribution in [1.29, 1.82) is 0 Å². The lowest BCUT2D eigenvalue weighted by Gasteiger charge is -2.09. The van der Waals surface area contributed by atoms with Gasteiger partial charge in [-0.25, -0.2) is 0 Å². The Bertz CT molecular complexity index is 1210. The van der Waals surface area contributed by atoms with Crippen molar-refractivity contribution in [3.63, 3.8) is 0 Å². The van der Waals surface area contributed by atoms with Crippen LogP contribution in [0.3, 0.4) is 0 Å². The van der Waals surface area contributed by atoms with Gasteiger partial charge < -0.3 is 19.6 Å². The van der Waals surface area contributed by atoms with Crippen molar-refractivity contribution in [2.24, 2.45) is 0 Å². The van der Waals surface area contributed by atoms with Gasteiger partial charge in [-0.15, -0.1) is 10.2 Å². The molecule has 0 aliphatic rings. The Labute approximate surface area is 172 Å². The second-order valence-corrected chi connectivity index (χ2v) is 6.88. The first-order valence-corrected chi connectivity index (χ1v) is 9.61. The monoisotopic (exact) mass is 403 g/mol. The van der Waals surface area contributed by atoms with Gasteiger partial charge in [0, 0.05) is 42.0 Å². The Morgan fingerprint density at radius 1 is 1.00 bits per heavy atom. The molecule has 0 bridgehead atoms. The highest BCUT2D eigenvalue weighted by Gasteiger charge is 2.11. The Morgan fingerprint density at radius 2 is 1.73 bits per heavy atom. The van der Waals surface area contributed by atoms with Crippen LogP contribution >= 0.6 is 0 Å². The van der Waals surface area contributed by atoms with E-state index >= 15 is 0 Å². The molecule has 0 unspecified atom stereocenters. The fraction of sp³-hybridized carbons (Fsp3) is 0.182. The first-order valence-electron chi connectivity index (χ1n) is 9.61. The minimum absolute atomic E-state index is 0.142. The quantitative estimate of drug-likeness (QED) is 0.509. The summed E-state index contributed by atoms with van der Waals surface area (Å²) in [4.78, 5) is 23.6. The van der Waals surface area contributed by atoms with E-state index in [9.17, 15) is 9.59 Å². The minimum Gasteiger partial charge on any atom is -0.421 e. The zero-order valence-corrected chi connectivity index (χ0v) is 16.7. The van der Waals surface area contributed by atoms with E-state index in [0.29, 0.717) is 29.6 Å². The number of aryl methyl sites for hydroxylation is 1. The number of nitrogens with zero attached hydrogens (tertiary/aromatic N) is 3. The summed E-state index contributed by atoms with van der Waals surface area (Å²) in [6.45, 7) is 3.56. The molecule has 0 radical (unpaired) electrons. The molecule has 2 N–H and O–H groups in total. The number of aromatic nitrogens is 3. The largest absolute Gasteiger partial charge is 0.421 e. The summed E-state index contributed by atoms with van der Waals surface area (Å²) in [6.07, 6.45) is 2.55. The van der Waals surface area contributed by atoms with E-state index in [1.165, 1.54) is 6.92 Å². The van der Waals surface area contributed by atoms with Crippen molar-refractivity contribution in [1.82, 2.24) is 14.8 Å². The third-order valence-electron chi connectivity index (χ3n) is 4.59. The molecule has 4 aromatic rings. The van der Waals surface area contributed by atoms with Crippen molar-refractivity contribution in [3.8, 4) is 11.5 Å². The molecule has 8 nitrogen and oxygen atoms in total. The van der Waals surface area contributed by atoms with Gasteiger partial charge in [-0.1, -0.05) is 13.0 Å². The summed E-state index contributed by atoms with van der Waals surface area (Å²) in [7, 11) is 0. The minimum atomic E-state index is -0.156. The van der Waals surface area contributed by atoms with Crippen molar-refractivity contribution >= 4 is 34.1 Å². The molecule has 8 heteroatoms. The van der Waals surface area contributed by atoms with Gasteiger partial charge in [0.25, 0.3) is 0 Å². The zero-order valence-electron chi connectivity index (χ0n) is 16.7. The highest BCUT2D eigenvalue weighted by Crippen LogP contribution is 2.25. The Kier molecular flexibility index (Phi) is 5.30. The van der Waals surface area contributed by atoms with Gasteiger partial charge in [-0.3, -0.25) is 9.59 Å². The number of nitrogens with one attached hydrogen (secondary N) is 2. The maximum atomic E-state index is 12.5. The van der Waals surface area contributed by atoms with Gasteiger partial charge >= 0.3 is 0 Å². The van der Waals surface area contributed by atoms with E-state index in [2.05, 4.69) is 20.8 Å².